The second-order valence-electron chi connectivity index (χ2n) is 3.98. The van der Waals surface area contributed by atoms with Crippen LogP contribution in [0.25, 0.3) is 0 Å². The first-order valence-electron chi connectivity index (χ1n) is 5.45. The van der Waals surface area contributed by atoms with Gasteiger partial charge >= 0.3 is 0 Å². The Bertz CT molecular complexity index is 422. The predicted octanol–water partition coefficient (Wildman–Crippen LogP) is 3.04. The van der Waals surface area contributed by atoms with Crippen LogP contribution in [0.2, 0.25) is 0 Å². The molecule has 2 rings (SSSR count). The first-order chi connectivity index (χ1) is 8.16. The van der Waals surface area contributed by atoms with Gasteiger partial charge in [0.05, 0.1) is 11.0 Å². The molecule has 0 saturated carbocycles. The van der Waals surface area contributed by atoms with Gasteiger partial charge in [-0.25, -0.2) is 4.39 Å². The molecule has 0 radical (unpaired) electrons. The number of thioether (sulfide) groups is 1. The zero-order valence-electron chi connectivity index (χ0n) is 9.19. The van der Waals surface area contributed by atoms with E-state index in [2.05, 4.69) is 5.32 Å². The molecule has 92 valence electrons. The second-order valence-corrected chi connectivity index (χ2v) is 5.13. The molecule has 1 aliphatic heterocycles. The van der Waals surface area contributed by atoms with Crippen molar-refractivity contribution in [3.63, 3.8) is 0 Å². The number of nitro groups is 1. The number of anilines is 1. The van der Waals surface area contributed by atoms with Gasteiger partial charge in [-0.1, -0.05) is 0 Å². The molecule has 0 bridgehead atoms. The van der Waals surface area contributed by atoms with E-state index in [1.54, 1.807) is 0 Å². The van der Waals surface area contributed by atoms with Crippen LogP contribution in [0.1, 0.15) is 12.8 Å². The van der Waals surface area contributed by atoms with Crippen LogP contribution in [0.3, 0.4) is 0 Å². The number of benzene rings is 1. The fraction of sp³-hybridized carbons (Fsp3) is 0.455. The van der Waals surface area contributed by atoms with E-state index >= 15 is 0 Å². The summed E-state index contributed by atoms with van der Waals surface area (Å²) in [5, 5.41) is 13.9. The minimum Gasteiger partial charge on any atom is -0.376 e. The molecule has 1 aromatic carbocycles. The van der Waals surface area contributed by atoms with Crippen LogP contribution in [0.5, 0.6) is 0 Å². The molecular formula is C11H13FN2O2S. The van der Waals surface area contributed by atoms with Crippen LogP contribution >= 0.6 is 11.8 Å². The molecule has 1 fully saturated rings. The topological polar surface area (TPSA) is 55.2 Å². The van der Waals surface area contributed by atoms with Gasteiger partial charge in [0.25, 0.3) is 5.69 Å². The quantitative estimate of drug-likeness (QED) is 0.667. The standard InChI is InChI=1S/C11H13FN2O2S/c12-8-3-4-10(11(6-8)14(15)16)13-9-2-1-5-17-7-9/h3-4,6,9,13H,1-2,5,7H2. The van der Waals surface area contributed by atoms with Crippen LogP contribution in [0.15, 0.2) is 18.2 Å². The van der Waals surface area contributed by atoms with E-state index in [0.29, 0.717) is 5.69 Å². The highest BCUT2D eigenvalue weighted by atomic mass is 32.2. The lowest BCUT2D eigenvalue weighted by atomic mass is 10.1. The Hall–Kier alpha value is -1.30. The average Bonchev–Trinajstić information content (AvgIpc) is 2.32. The molecule has 6 heteroatoms. The smallest absolute Gasteiger partial charge is 0.295 e. The van der Waals surface area contributed by atoms with E-state index in [4.69, 9.17) is 0 Å². The predicted molar refractivity (Wildman–Crippen MR) is 67.0 cm³/mol. The zero-order valence-corrected chi connectivity index (χ0v) is 10.0. The van der Waals surface area contributed by atoms with Crippen molar-refractivity contribution in [2.24, 2.45) is 0 Å². The van der Waals surface area contributed by atoms with Gasteiger partial charge < -0.3 is 5.32 Å². The molecule has 1 aromatic rings. The lowest BCUT2D eigenvalue weighted by Crippen LogP contribution is -2.26. The molecule has 1 saturated heterocycles. The number of rotatable bonds is 3. The number of nitrogens with one attached hydrogen (secondary N) is 1. The summed E-state index contributed by atoms with van der Waals surface area (Å²) in [6.45, 7) is 0. The fourth-order valence-corrected chi connectivity index (χ4v) is 2.92. The number of nitro benzene ring substituents is 1. The molecular weight excluding hydrogens is 243 g/mol. The first-order valence-corrected chi connectivity index (χ1v) is 6.60. The molecule has 1 heterocycles. The van der Waals surface area contributed by atoms with Gasteiger partial charge in [0.2, 0.25) is 0 Å². The van der Waals surface area contributed by atoms with Crippen LogP contribution in [0, 0.1) is 15.9 Å². The SMILES string of the molecule is O=[N+]([O-])c1cc(F)ccc1NC1CCCSC1. The van der Waals surface area contributed by atoms with Gasteiger partial charge in [-0.2, -0.15) is 11.8 Å². The minimum atomic E-state index is -0.583. The summed E-state index contributed by atoms with van der Waals surface area (Å²) in [6, 6.07) is 3.87. The number of hydrogen-bond acceptors (Lipinski definition) is 4. The highest BCUT2D eigenvalue weighted by Gasteiger charge is 2.19. The summed E-state index contributed by atoms with van der Waals surface area (Å²) in [7, 11) is 0. The molecule has 0 amide bonds. The Morgan fingerprint density at radius 2 is 2.35 bits per heavy atom. The molecule has 0 aliphatic carbocycles. The normalized spacial score (nSPS) is 19.9. The van der Waals surface area contributed by atoms with Gasteiger partial charge in [0.15, 0.2) is 0 Å². The summed E-state index contributed by atoms with van der Waals surface area (Å²) in [4.78, 5) is 10.3. The van der Waals surface area contributed by atoms with E-state index in [1.807, 2.05) is 11.8 Å². The number of hydrogen-bond donors (Lipinski definition) is 1. The lowest BCUT2D eigenvalue weighted by molar-refractivity contribution is -0.384. The minimum absolute atomic E-state index is 0.194. The van der Waals surface area contributed by atoms with Gasteiger partial charge in [-0.15, -0.1) is 0 Å². The van der Waals surface area contributed by atoms with Crippen LogP contribution in [-0.4, -0.2) is 22.5 Å². The van der Waals surface area contributed by atoms with E-state index < -0.39 is 10.7 Å². The highest BCUT2D eigenvalue weighted by molar-refractivity contribution is 7.99. The van der Waals surface area contributed by atoms with E-state index in [9.17, 15) is 14.5 Å². The molecule has 1 aliphatic rings. The molecule has 4 nitrogen and oxygen atoms in total. The molecule has 1 N–H and O–H groups in total. The van der Waals surface area contributed by atoms with Crippen molar-refractivity contribution >= 4 is 23.1 Å². The molecule has 0 aromatic heterocycles. The Morgan fingerprint density at radius 1 is 1.53 bits per heavy atom. The van der Waals surface area contributed by atoms with Crippen LogP contribution in [-0.2, 0) is 0 Å². The van der Waals surface area contributed by atoms with Crippen molar-refractivity contribution in [2.75, 3.05) is 16.8 Å². The van der Waals surface area contributed by atoms with Gasteiger partial charge in [0.1, 0.15) is 11.5 Å². The summed E-state index contributed by atoms with van der Waals surface area (Å²) in [5.74, 6) is 1.50. The zero-order chi connectivity index (χ0) is 12.3. The van der Waals surface area contributed by atoms with Gasteiger partial charge in [-0.05, 0) is 30.7 Å². The highest BCUT2D eigenvalue weighted by Crippen LogP contribution is 2.28. The van der Waals surface area contributed by atoms with Crippen LogP contribution < -0.4 is 5.32 Å². The van der Waals surface area contributed by atoms with Crippen molar-refractivity contribution in [1.29, 1.82) is 0 Å². The van der Waals surface area contributed by atoms with Crippen LogP contribution in [0.4, 0.5) is 15.8 Å². The molecule has 1 atom stereocenters. The summed E-state index contributed by atoms with van der Waals surface area (Å²) >= 11 is 1.83. The van der Waals surface area contributed by atoms with Gasteiger partial charge in [0, 0.05) is 11.8 Å². The lowest BCUT2D eigenvalue weighted by Gasteiger charge is -2.23. The van der Waals surface area contributed by atoms with Crippen molar-refractivity contribution in [2.45, 2.75) is 18.9 Å². The number of halogens is 1. The van der Waals surface area contributed by atoms with Crippen molar-refractivity contribution in [1.82, 2.24) is 0 Å². The fourth-order valence-electron chi connectivity index (χ4n) is 1.85. The van der Waals surface area contributed by atoms with E-state index in [0.717, 1.165) is 30.4 Å². The Morgan fingerprint density at radius 3 is 3.00 bits per heavy atom. The average molecular weight is 256 g/mol. The third-order valence-corrected chi connectivity index (χ3v) is 3.89. The van der Waals surface area contributed by atoms with E-state index in [1.165, 1.54) is 12.1 Å². The van der Waals surface area contributed by atoms with Crippen molar-refractivity contribution < 1.29 is 9.31 Å². The monoisotopic (exact) mass is 256 g/mol. The molecule has 0 spiro atoms. The largest absolute Gasteiger partial charge is 0.376 e. The molecule has 17 heavy (non-hydrogen) atoms. The van der Waals surface area contributed by atoms with E-state index in [-0.39, 0.29) is 11.7 Å². The van der Waals surface area contributed by atoms with Gasteiger partial charge in [-0.3, -0.25) is 10.1 Å². The Kier molecular flexibility index (Phi) is 3.83. The summed E-state index contributed by atoms with van der Waals surface area (Å²) < 4.78 is 12.9. The number of nitrogens with zero attached hydrogens (tertiary/aromatic N) is 1. The maximum Gasteiger partial charge on any atom is 0.295 e. The van der Waals surface area contributed by atoms with Crippen molar-refractivity contribution in [3.05, 3.63) is 34.1 Å². The second kappa shape index (κ2) is 5.35. The summed E-state index contributed by atoms with van der Waals surface area (Å²) in [5.41, 5.74) is 0.212. The Balaban J connectivity index is 2.16. The third-order valence-electron chi connectivity index (χ3n) is 2.68. The Labute approximate surface area is 103 Å². The maximum absolute atomic E-state index is 12.9. The summed E-state index contributed by atoms with van der Waals surface area (Å²) in [6.07, 6.45) is 2.11. The maximum atomic E-state index is 12.9. The molecule has 1 unspecified atom stereocenters. The van der Waals surface area contributed by atoms with Crippen molar-refractivity contribution in [3.8, 4) is 0 Å². The third kappa shape index (κ3) is 3.09. The first kappa shape index (κ1) is 12.2.